The van der Waals surface area contributed by atoms with E-state index in [-0.39, 0.29) is 22.7 Å². The molecule has 3 aromatic rings. The summed E-state index contributed by atoms with van der Waals surface area (Å²) in [6.45, 7) is 12.5. The highest BCUT2D eigenvalue weighted by molar-refractivity contribution is 5.97. The molecule has 30 heavy (non-hydrogen) atoms. The minimum absolute atomic E-state index is 0.123. The van der Waals surface area contributed by atoms with Crippen molar-refractivity contribution in [3.63, 3.8) is 0 Å². The van der Waals surface area contributed by atoms with Gasteiger partial charge in [-0.05, 0) is 49.6 Å². The molecule has 0 atom stereocenters. The number of carbonyl (C=O) groups is 1. The molecular formula is C24H28FN3O2. The molecule has 1 aromatic carbocycles. The van der Waals surface area contributed by atoms with Crippen LogP contribution >= 0.6 is 0 Å². The number of piperazine rings is 1. The molecule has 1 amide bonds. The molecule has 0 aliphatic carbocycles. The minimum atomic E-state index is -0.298. The van der Waals surface area contributed by atoms with Gasteiger partial charge in [-0.1, -0.05) is 20.8 Å². The molecule has 5 nitrogen and oxygen atoms in total. The number of rotatable bonds is 2. The molecule has 6 heteroatoms. The molecule has 0 saturated carbocycles. The Morgan fingerprint density at radius 1 is 1.20 bits per heavy atom. The number of amides is 1. The SMILES string of the molecule is CC(C)(C)c1cc(-c2ccc(F)cc2)nc2cc(C(=O)N3CCNCC3(C)C)oc12. The van der Waals surface area contributed by atoms with Crippen molar-refractivity contribution in [1.29, 1.82) is 0 Å². The van der Waals surface area contributed by atoms with Crippen molar-refractivity contribution in [3.05, 3.63) is 53.5 Å². The van der Waals surface area contributed by atoms with Crippen molar-refractivity contribution in [1.82, 2.24) is 15.2 Å². The van der Waals surface area contributed by atoms with Gasteiger partial charge in [0.1, 0.15) is 11.3 Å². The van der Waals surface area contributed by atoms with Gasteiger partial charge in [-0.25, -0.2) is 9.37 Å². The van der Waals surface area contributed by atoms with Gasteiger partial charge < -0.3 is 14.6 Å². The summed E-state index contributed by atoms with van der Waals surface area (Å²) in [6, 6.07) is 9.99. The first-order valence-electron chi connectivity index (χ1n) is 10.3. The largest absolute Gasteiger partial charge is 0.449 e. The lowest BCUT2D eigenvalue weighted by molar-refractivity contribution is 0.0448. The number of halogens is 1. The summed E-state index contributed by atoms with van der Waals surface area (Å²) in [5, 5.41) is 3.33. The van der Waals surface area contributed by atoms with Crippen LogP contribution in [0.4, 0.5) is 4.39 Å². The van der Waals surface area contributed by atoms with Gasteiger partial charge in [0.15, 0.2) is 11.3 Å². The Morgan fingerprint density at radius 2 is 1.90 bits per heavy atom. The Balaban J connectivity index is 1.83. The van der Waals surface area contributed by atoms with Gasteiger partial charge >= 0.3 is 0 Å². The minimum Gasteiger partial charge on any atom is -0.449 e. The molecule has 1 saturated heterocycles. The van der Waals surface area contributed by atoms with Gasteiger partial charge in [0.25, 0.3) is 5.91 Å². The van der Waals surface area contributed by atoms with Crippen LogP contribution in [0.5, 0.6) is 0 Å². The lowest BCUT2D eigenvalue weighted by Crippen LogP contribution is -2.59. The number of hydrogen-bond acceptors (Lipinski definition) is 4. The fourth-order valence-electron chi connectivity index (χ4n) is 3.95. The maximum Gasteiger partial charge on any atom is 0.290 e. The first kappa shape index (κ1) is 20.5. The van der Waals surface area contributed by atoms with E-state index in [4.69, 9.17) is 9.40 Å². The topological polar surface area (TPSA) is 58.4 Å². The van der Waals surface area contributed by atoms with Gasteiger partial charge in [0.05, 0.1) is 11.2 Å². The zero-order valence-corrected chi connectivity index (χ0v) is 18.2. The summed E-state index contributed by atoms with van der Waals surface area (Å²) >= 11 is 0. The predicted octanol–water partition coefficient (Wildman–Crippen LogP) is 4.76. The number of benzene rings is 1. The zero-order chi connectivity index (χ0) is 21.7. The van der Waals surface area contributed by atoms with E-state index in [1.165, 1.54) is 12.1 Å². The van der Waals surface area contributed by atoms with Crippen LogP contribution in [0.25, 0.3) is 22.4 Å². The molecule has 1 aliphatic rings. The van der Waals surface area contributed by atoms with Crippen molar-refractivity contribution in [2.24, 2.45) is 0 Å². The molecule has 1 N–H and O–H groups in total. The quantitative estimate of drug-likeness (QED) is 0.663. The van der Waals surface area contributed by atoms with Gasteiger partial charge in [-0.3, -0.25) is 4.79 Å². The van der Waals surface area contributed by atoms with E-state index in [0.717, 1.165) is 29.9 Å². The van der Waals surface area contributed by atoms with Gasteiger partial charge in [-0.15, -0.1) is 0 Å². The Bertz CT molecular complexity index is 1090. The molecule has 3 heterocycles. The lowest BCUT2D eigenvalue weighted by Gasteiger charge is -2.42. The first-order valence-corrected chi connectivity index (χ1v) is 10.3. The van der Waals surface area contributed by atoms with Crippen LogP contribution in [0, 0.1) is 5.82 Å². The van der Waals surface area contributed by atoms with Crippen molar-refractivity contribution in [2.75, 3.05) is 19.6 Å². The number of nitrogens with zero attached hydrogens (tertiary/aromatic N) is 2. The molecule has 158 valence electrons. The Kier molecular flexibility index (Phi) is 4.93. The molecule has 2 aromatic heterocycles. The van der Waals surface area contributed by atoms with Crippen LogP contribution in [0.3, 0.4) is 0 Å². The zero-order valence-electron chi connectivity index (χ0n) is 18.2. The summed E-state index contributed by atoms with van der Waals surface area (Å²) in [6.07, 6.45) is 0. The van der Waals surface area contributed by atoms with Crippen molar-refractivity contribution < 1.29 is 13.6 Å². The van der Waals surface area contributed by atoms with E-state index in [1.807, 2.05) is 24.8 Å². The van der Waals surface area contributed by atoms with E-state index in [1.54, 1.807) is 18.2 Å². The van der Waals surface area contributed by atoms with Crippen molar-refractivity contribution in [3.8, 4) is 11.3 Å². The third-order valence-electron chi connectivity index (χ3n) is 5.68. The van der Waals surface area contributed by atoms with Crippen LogP contribution in [-0.2, 0) is 5.41 Å². The van der Waals surface area contributed by atoms with Crippen LogP contribution in [0.1, 0.15) is 50.7 Å². The highest BCUT2D eigenvalue weighted by Gasteiger charge is 2.35. The van der Waals surface area contributed by atoms with Gasteiger partial charge in [-0.2, -0.15) is 0 Å². The van der Waals surface area contributed by atoms with E-state index in [0.29, 0.717) is 23.4 Å². The van der Waals surface area contributed by atoms with E-state index < -0.39 is 0 Å². The van der Waals surface area contributed by atoms with Crippen LogP contribution in [0.15, 0.2) is 40.8 Å². The van der Waals surface area contributed by atoms with E-state index in [9.17, 15) is 9.18 Å². The molecular weight excluding hydrogens is 381 g/mol. The average Bonchev–Trinajstić information content (AvgIpc) is 3.10. The smallest absolute Gasteiger partial charge is 0.290 e. The lowest BCUT2D eigenvalue weighted by atomic mass is 9.86. The number of aromatic nitrogens is 1. The van der Waals surface area contributed by atoms with Crippen molar-refractivity contribution in [2.45, 2.75) is 45.6 Å². The second-order valence-electron chi connectivity index (χ2n) is 9.58. The monoisotopic (exact) mass is 409 g/mol. The van der Waals surface area contributed by atoms with Crippen LogP contribution < -0.4 is 5.32 Å². The number of pyridine rings is 1. The standard InChI is InChI=1S/C24H28FN3O2/c1-23(2,3)17-12-18(15-6-8-16(25)9-7-15)27-19-13-20(30-21(17)19)22(29)28-11-10-26-14-24(28,4)5/h6-9,12-13,26H,10-11,14H2,1-5H3. The summed E-state index contributed by atoms with van der Waals surface area (Å²) in [5.41, 5.74) is 3.26. The molecule has 0 spiro atoms. The normalized spacial score (nSPS) is 16.8. The van der Waals surface area contributed by atoms with E-state index >= 15 is 0 Å². The van der Waals surface area contributed by atoms with Gasteiger partial charge in [0.2, 0.25) is 0 Å². The maximum atomic E-state index is 13.4. The maximum absolute atomic E-state index is 13.4. The fraction of sp³-hybridized carbons (Fsp3) is 0.417. The highest BCUT2D eigenvalue weighted by atomic mass is 19.1. The molecule has 0 unspecified atom stereocenters. The van der Waals surface area contributed by atoms with Crippen LogP contribution in [-0.4, -0.2) is 41.0 Å². The third-order valence-corrected chi connectivity index (χ3v) is 5.68. The molecule has 1 aliphatic heterocycles. The first-order chi connectivity index (χ1) is 14.1. The Labute approximate surface area is 176 Å². The summed E-state index contributed by atoms with van der Waals surface area (Å²) in [5.74, 6) is -0.109. The fourth-order valence-corrected chi connectivity index (χ4v) is 3.95. The average molecular weight is 410 g/mol. The molecule has 0 radical (unpaired) electrons. The number of furan rings is 1. The molecule has 1 fully saturated rings. The van der Waals surface area contributed by atoms with Gasteiger partial charge in [0, 0.05) is 36.8 Å². The summed E-state index contributed by atoms with van der Waals surface area (Å²) in [7, 11) is 0. The molecule has 0 bridgehead atoms. The second-order valence-corrected chi connectivity index (χ2v) is 9.58. The highest BCUT2D eigenvalue weighted by Crippen LogP contribution is 2.35. The molecule has 4 rings (SSSR count). The second kappa shape index (κ2) is 7.20. The number of carbonyl (C=O) groups excluding carboxylic acids is 1. The Hall–Kier alpha value is -2.73. The van der Waals surface area contributed by atoms with Crippen LogP contribution in [0.2, 0.25) is 0 Å². The number of fused-ring (bicyclic) bond motifs is 1. The van der Waals surface area contributed by atoms with E-state index in [2.05, 4.69) is 26.1 Å². The number of nitrogens with one attached hydrogen (secondary N) is 1. The van der Waals surface area contributed by atoms with Crippen molar-refractivity contribution >= 4 is 17.0 Å². The Morgan fingerprint density at radius 3 is 2.53 bits per heavy atom. The number of hydrogen-bond donors (Lipinski definition) is 1. The summed E-state index contributed by atoms with van der Waals surface area (Å²) < 4.78 is 19.5. The predicted molar refractivity (Wildman–Crippen MR) is 116 cm³/mol. The summed E-state index contributed by atoms with van der Waals surface area (Å²) in [4.78, 5) is 19.9. The third kappa shape index (κ3) is 3.72.